The summed E-state index contributed by atoms with van der Waals surface area (Å²) >= 11 is 0. The molecule has 8 heteroatoms. The molecule has 0 spiro atoms. The lowest BCUT2D eigenvalue weighted by molar-refractivity contribution is -0.137. The number of unbranched alkanes of at least 4 members (excludes halogenated alkanes) is 10. The molecule has 0 radical (unpaired) electrons. The largest absolute Gasteiger partial charge is 0.507 e. The van der Waals surface area contributed by atoms with E-state index in [0.717, 1.165) is 73.4 Å². The molecule has 0 amide bonds. The first-order valence-electron chi connectivity index (χ1n) is 22.6. The van der Waals surface area contributed by atoms with Gasteiger partial charge in [0.25, 0.3) is 0 Å². The van der Waals surface area contributed by atoms with Gasteiger partial charge in [0.05, 0.1) is 24.8 Å². The minimum atomic E-state index is -4.63. The number of nitrogens with zero attached hydrogens (tertiary/aromatic N) is 1. The number of ether oxygens (including phenoxy) is 2. The van der Waals surface area contributed by atoms with Crippen LogP contribution in [0.2, 0.25) is 0 Å². The van der Waals surface area contributed by atoms with Crippen molar-refractivity contribution >= 4 is 6.21 Å². The number of hydrogen-bond acceptors (Lipinski definition) is 5. The molecule has 334 valence electrons. The fourth-order valence-electron chi connectivity index (χ4n) is 7.62. The van der Waals surface area contributed by atoms with Crippen molar-refractivity contribution < 1.29 is 32.9 Å². The summed E-state index contributed by atoms with van der Waals surface area (Å²) in [6, 6.07) is 23.3. The van der Waals surface area contributed by atoms with Gasteiger partial charge in [-0.25, -0.2) is 0 Å². The molecule has 0 aliphatic carbocycles. The van der Waals surface area contributed by atoms with E-state index in [1.54, 1.807) is 0 Å². The van der Waals surface area contributed by atoms with Gasteiger partial charge in [0.2, 0.25) is 0 Å². The van der Waals surface area contributed by atoms with Crippen LogP contribution in [0.1, 0.15) is 171 Å². The van der Waals surface area contributed by atoms with Gasteiger partial charge in [0, 0.05) is 22.9 Å². The van der Waals surface area contributed by atoms with Crippen molar-refractivity contribution in [3.63, 3.8) is 0 Å². The summed E-state index contributed by atoms with van der Waals surface area (Å²) in [5.74, 6) is 0.652. The van der Waals surface area contributed by atoms with Crippen LogP contribution in [0.5, 0.6) is 17.2 Å². The lowest BCUT2D eigenvalue weighted by atomic mass is 9.73. The minimum absolute atomic E-state index is 0.110. The monoisotopic (exact) mass is 844 g/mol. The van der Waals surface area contributed by atoms with Crippen LogP contribution in [0.3, 0.4) is 0 Å². The maximum Gasteiger partial charge on any atom is 0.416 e. The number of aliphatic hydroxyl groups is 1. The van der Waals surface area contributed by atoms with Gasteiger partial charge < -0.3 is 19.7 Å². The van der Waals surface area contributed by atoms with Gasteiger partial charge >= 0.3 is 6.18 Å². The van der Waals surface area contributed by atoms with Gasteiger partial charge in [-0.15, -0.1) is 0 Å². The molecule has 0 heterocycles. The first-order valence-corrected chi connectivity index (χ1v) is 22.6. The standard InChI is InChI=1S/C53H72F3NO4/c1-9-11-13-15-17-22-32-60-47-30-27-41(50(3,4)5)36-44(47)52(59,45-37-42(51(6,7)8)28-31-48(45)61-33-23-18-16-14-12-10-2)49(34-39-24-20-19-21-25-39)57-38-40-35-43(53(54,55)56)26-29-46(40)58/h19-21,24-31,35-38,49,58-59H,9-18,22-23,32-34H2,1-8H3. The van der Waals surface area contributed by atoms with Gasteiger partial charge in [0.15, 0.2) is 0 Å². The first-order chi connectivity index (χ1) is 28.9. The Bertz CT molecular complexity index is 1880. The second kappa shape index (κ2) is 22.7. The van der Waals surface area contributed by atoms with Gasteiger partial charge in [-0.2, -0.15) is 13.2 Å². The molecule has 1 unspecified atom stereocenters. The highest BCUT2D eigenvalue weighted by Crippen LogP contribution is 2.47. The average molecular weight is 844 g/mol. The zero-order chi connectivity index (χ0) is 44.7. The van der Waals surface area contributed by atoms with Crippen LogP contribution in [0.15, 0.2) is 89.9 Å². The summed E-state index contributed by atoms with van der Waals surface area (Å²) in [6.07, 6.45) is 9.86. The Balaban J connectivity index is 2.03. The van der Waals surface area contributed by atoms with Crippen molar-refractivity contribution in [2.24, 2.45) is 4.99 Å². The molecule has 0 fully saturated rings. The van der Waals surface area contributed by atoms with Crippen LogP contribution in [0, 0.1) is 0 Å². The summed E-state index contributed by atoms with van der Waals surface area (Å²) in [5.41, 5.74) is 0.160. The lowest BCUT2D eigenvalue weighted by Gasteiger charge is -2.39. The smallest absolute Gasteiger partial charge is 0.416 e. The van der Waals surface area contributed by atoms with E-state index in [1.807, 2.05) is 66.7 Å². The number of aliphatic imine (C=N–C) groups is 1. The normalized spacial score (nSPS) is 13.2. The number of phenolic OH excluding ortho intramolecular Hbond substituents is 1. The van der Waals surface area contributed by atoms with Crippen molar-refractivity contribution in [3.8, 4) is 17.2 Å². The first kappa shape index (κ1) is 49.4. The predicted octanol–water partition coefficient (Wildman–Crippen LogP) is 14.5. The minimum Gasteiger partial charge on any atom is -0.507 e. The van der Waals surface area contributed by atoms with Crippen molar-refractivity contribution in [1.29, 1.82) is 0 Å². The third-order valence-electron chi connectivity index (χ3n) is 11.5. The van der Waals surface area contributed by atoms with E-state index in [9.17, 15) is 23.4 Å². The maximum atomic E-state index is 14.2. The van der Waals surface area contributed by atoms with Crippen LogP contribution in [-0.4, -0.2) is 35.7 Å². The van der Waals surface area contributed by atoms with Crippen LogP contribution < -0.4 is 9.47 Å². The second-order valence-corrected chi connectivity index (χ2v) is 18.7. The molecule has 0 saturated carbocycles. The molecule has 0 saturated heterocycles. The molecule has 2 N–H and O–H groups in total. The fraction of sp³-hybridized carbons (Fsp3) is 0.528. The zero-order valence-electron chi connectivity index (χ0n) is 38.1. The third kappa shape index (κ3) is 14.4. The third-order valence-corrected chi connectivity index (χ3v) is 11.5. The highest BCUT2D eigenvalue weighted by molar-refractivity contribution is 5.84. The second-order valence-electron chi connectivity index (χ2n) is 18.7. The molecule has 0 bridgehead atoms. The molecule has 4 rings (SSSR count). The van der Waals surface area contributed by atoms with E-state index in [4.69, 9.17) is 14.5 Å². The van der Waals surface area contributed by atoms with Gasteiger partial charge in [-0.1, -0.05) is 162 Å². The molecule has 0 aromatic heterocycles. The lowest BCUT2D eigenvalue weighted by Crippen LogP contribution is -2.42. The van der Waals surface area contributed by atoms with E-state index < -0.39 is 23.4 Å². The summed E-state index contributed by atoms with van der Waals surface area (Å²) in [6.45, 7) is 18.0. The molecule has 4 aromatic rings. The maximum absolute atomic E-state index is 14.2. The molecule has 1 atom stereocenters. The Morgan fingerprint density at radius 3 is 1.51 bits per heavy atom. The summed E-state index contributed by atoms with van der Waals surface area (Å²) < 4.78 is 55.3. The van der Waals surface area contributed by atoms with E-state index in [0.29, 0.717) is 35.8 Å². The van der Waals surface area contributed by atoms with Gasteiger partial charge in [-0.05, 0) is 89.2 Å². The van der Waals surface area contributed by atoms with Crippen LogP contribution in [0.25, 0.3) is 0 Å². The van der Waals surface area contributed by atoms with Crippen molar-refractivity contribution in [3.05, 3.63) is 124 Å². The van der Waals surface area contributed by atoms with Crippen molar-refractivity contribution in [2.45, 2.75) is 168 Å². The Labute approximate surface area is 364 Å². The molecule has 0 aliphatic rings. The quantitative estimate of drug-likeness (QED) is 0.0576. The van der Waals surface area contributed by atoms with E-state index in [1.165, 1.54) is 44.7 Å². The van der Waals surface area contributed by atoms with Crippen molar-refractivity contribution in [1.82, 2.24) is 0 Å². The van der Waals surface area contributed by atoms with Crippen LogP contribution in [-0.2, 0) is 29.0 Å². The topological polar surface area (TPSA) is 71.3 Å². The summed E-state index contributed by atoms with van der Waals surface area (Å²) in [4.78, 5) is 5.03. The van der Waals surface area contributed by atoms with E-state index in [2.05, 4.69) is 55.4 Å². The fourth-order valence-corrected chi connectivity index (χ4v) is 7.62. The average Bonchev–Trinajstić information content (AvgIpc) is 3.21. The number of rotatable bonds is 23. The van der Waals surface area contributed by atoms with E-state index in [-0.39, 0.29) is 28.6 Å². The van der Waals surface area contributed by atoms with E-state index >= 15 is 0 Å². The number of alkyl halides is 3. The summed E-state index contributed by atoms with van der Waals surface area (Å²) in [5, 5.41) is 25.1. The molecule has 61 heavy (non-hydrogen) atoms. The van der Waals surface area contributed by atoms with Gasteiger partial charge in [0.1, 0.15) is 22.8 Å². The van der Waals surface area contributed by atoms with Gasteiger partial charge in [-0.3, -0.25) is 4.99 Å². The van der Waals surface area contributed by atoms with Crippen LogP contribution >= 0.6 is 0 Å². The molecular formula is C53H72F3NO4. The van der Waals surface area contributed by atoms with Crippen LogP contribution in [0.4, 0.5) is 13.2 Å². The zero-order valence-corrected chi connectivity index (χ0v) is 38.1. The summed E-state index contributed by atoms with van der Waals surface area (Å²) in [7, 11) is 0. The number of hydrogen-bond donors (Lipinski definition) is 2. The Hall–Kier alpha value is -4.30. The Morgan fingerprint density at radius 1 is 0.590 bits per heavy atom. The van der Waals surface area contributed by atoms with Crippen molar-refractivity contribution in [2.75, 3.05) is 13.2 Å². The predicted molar refractivity (Wildman–Crippen MR) is 246 cm³/mol. The molecular weight excluding hydrogens is 772 g/mol. The highest BCUT2D eigenvalue weighted by Gasteiger charge is 2.46. The molecule has 5 nitrogen and oxygen atoms in total. The number of phenols is 1. The highest BCUT2D eigenvalue weighted by atomic mass is 19.4. The Morgan fingerprint density at radius 2 is 1.05 bits per heavy atom. The molecule has 0 aliphatic heterocycles. The SMILES string of the molecule is CCCCCCCCOc1ccc(C(C)(C)C)cc1C(O)(c1cc(C(C)(C)C)ccc1OCCCCCCCC)C(Cc1ccccc1)N=Cc1cc(C(F)(F)F)ccc1O. The molecule has 4 aromatic carbocycles. The number of benzene rings is 4. The Kier molecular flexibility index (Phi) is 18.4. The number of halogens is 3. The number of aromatic hydroxyl groups is 1.